The average molecular weight is 462 g/mol. The molecule has 33 heavy (non-hydrogen) atoms. The molecule has 2 aromatic carbocycles. The molecule has 0 unspecified atom stereocenters. The van der Waals surface area contributed by atoms with Crippen LogP contribution in [0, 0.1) is 6.92 Å². The van der Waals surface area contributed by atoms with E-state index in [1.165, 1.54) is 28.6 Å². The van der Waals surface area contributed by atoms with E-state index >= 15 is 0 Å². The molecule has 2 aliphatic rings. The van der Waals surface area contributed by atoms with Crippen LogP contribution in [0.4, 0.5) is 11.4 Å². The van der Waals surface area contributed by atoms with E-state index in [1.807, 2.05) is 35.2 Å². The Kier molecular flexibility index (Phi) is 6.71. The van der Waals surface area contributed by atoms with E-state index in [0.29, 0.717) is 12.5 Å². The lowest BCUT2D eigenvalue weighted by Crippen LogP contribution is -2.48. The molecule has 4 rings (SSSR count). The SMILES string of the molecule is CCCN1C(=O)/C(=C/c2cc3c(cc2C)N(CC)C(C)(C)C[C@@H]3C)SC1=Nc1ccccc1. The molecular weight excluding hydrogens is 426 g/mol. The second-order valence-corrected chi connectivity index (χ2v) is 10.7. The van der Waals surface area contributed by atoms with E-state index in [4.69, 9.17) is 4.99 Å². The molecule has 1 amide bonds. The molecule has 5 heteroatoms. The maximum Gasteiger partial charge on any atom is 0.266 e. The molecule has 0 bridgehead atoms. The highest BCUT2D eigenvalue weighted by Crippen LogP contribution is 2.45. The van der Waals surface area contributed by atoms with Gasteiger partial charge >= 0.3 is 0 Å². The Morgan fingerprint density at radius 2 is 1.91 bits per heavy atom. The lowest BCUT2D eigenvalue weighted by atomic mass is 9.79. The first-order valence-electron chi connectivity index (χ1n) is 12.0. The molecule has 0 radical (unpaired) electrons. The van der Waals surface area contributed by atoms with Crippen LogP contribution >= 0.6 is 11.8 Å². The van der Waals surface area contributed by atoms with E-state index in [-0.39, 0.29) is 11.4 Å². The molecule has 2 heterocycles. The van der Waals surface area contributed by atoms with Crippen LogP contribution in [0.1, 0.15) is 70.1 Å². The van der Waals surface area contributed by atoms with E-state index < -0.39 is 0 Å². The normalized spacial score (nSPS) is 22.4. The Labute approximate surface area is 202 Å². The number of anilines is 1. The number of aliphatic imine (C=N–C) groups is 1. The standard InChI is InChI=1S/C28H35N3OS/c1-7-14-30-26(32)25(33-27(30)29-22-12-10-9-11-13-22)17-21-16-23-20(4)18-28(5,6)31(8-2)24(23)15-19(21)3/h9-13,15-17,20H,7-8,14,18H2,1-6H3/b25-17-,29-27?/t20-/m0/s1. The number of nitrogens with zero attached hydrogens (tertiary/aromatic N) is 3. The molecule has 0 spiro atoms. The highest BCUT2D eigenvalue weighted by atomic mass is 32.2. The number of carbonyl (C=O) groups excluding carboxylic acids is 1. The van der Waals surface area contributed by atoms with Gasteiger partial charge in [0.1, 0.15) is 0 Å². The maximum atomic E-state index is 13.3. The number of thioether (sulfide) groups is 1. The van der Waals surface area contributed by atoms with Crippen molar-refractivity contribution in [3.05, 3.63) is 64.1 Å². The minimum Gasteiger partial charge on any atom is -0.366 e. The highest BCUT2D eigenvalue weighted by molar-refractivity contribution is 8.18. The molecule has 0 saturated carbocycles. The first-order valence-corrected chi connectivity index (χ1v) is 12.8. The number of carbonyl (C=O) groups is 1. The van der Waals surface area contributed by atoms with Gasteiger partial charge in [0.25, 0.3) is 5.91 Å². The van der Waals surface area contributed by atoms with Gasteiger partial charge in [-0.2, -0.15) is 0 Å². The quantitative estimate of drug-likeness (QED) is 0.445. The fourth-order valence-electron chi connectivity index (χ4n) is 5.17. The van der Waals surface area contributed by atoms with Crippen LogP contribution in [0.3, 0.4) is 0 Å². The number of hydrogen-bond acceptors (Lipinski definition) is 4. The van der Waals surface area contributed by atoms with Crippen molar-refractivity contribution < 1.29 is 4.79 Å². The van der Waals surface area contributed by atoms with Crippen LogP contribution in [0.15, 0.2) is 52.4 Å². The molecule has 0 aromatic heterocycles. The van der Waals surface area contributed by atoms with E-state index in [9.17, 15) is 4.79 Å². The summed E-state index contributed by atoms with van der Waals surface area (Å²) in [5, 5.41) is 0.766. The average Bonchev–Trinajstić information content (AvgIpc) is 3.04. The summed E-state index contributed by atoms with van der Waals surface area (Å²) in [5.41, 5.74) is 6.07. The zero-order chi connectivity index (χ0) is 23.8. The number of fused-ring (bicyclic) bond motifs is 1. The van der Waals surface area contributed by atoms with E-state index in [1.54, 1.807) is 0 Å². The molecular formula is C28H35N3OS. The molecule has 0 N–H and O–H groups in total. The molecule has 0 aliphatic carbocycles. The monoisotopic (exact) mass is 461 g/mol. The van der Waals surface area contributed by atoms with Gasteiger partial charge in [-0.05, 0) is 105 Å². The highest BCUT2D eigenvalue weighted by Gasteiger charge is 2.36. The first-order chi connectivity index (χ1) is 15.7. The van der Waals surface area contributed by atoms with Crippen LogP contribution in [0.25, 0.3) is 6.08 Å². The van der Waals surface area contributed by atoms with E-state index in [2.05, 4.69) is 64.7 Å². The van der Waals surface area contributed by atoms with Crippen LogP contribution in [0.2, 0.25) is 0 Å². The first kappa shape index (κ1) is 23.6. The van der Waals surface area contributed by atoms with Gasteiger partial charge < -0.3 is 4.90 Å². The molecule has 2 aliphatic heterocycles. The van der Waals surface area contributed by atoms with Crippen molar-refractivity contribution in [2.45, 2.75) is 65.8 Å². The van der Waals surface area contributed by atoms with Gasteiger partial charge in [0.05, 0.1) is 10.6 Å². The summed E-state index contributed by atoms with van der Waals surface area (Å²) in [6.45, 7) is 15.1. The third-order valence-electron chi connectivity index (χ3n) is 6.69. The van der Waals surface area contributed by atoms with Gasteiger partial charge in [-0.1, -0.05) is 32.0 Å². The Hall–Kier alpha value is -2.53. The topological polar surface area (TPSA) is 35.9 Å². The number of rotatable bonds is 5. The summed E-state index contributed by atoms with van der Waals surface area (Å²) in [6.07, 6.45) is 4.09. The zero-order valence-electron chi connectivity index (χ0n) is 20.7. The van der Waals surface area contributed by atoms with Crippen molar-refractivity contribution in [2.75, 3.05) is 18.0 Å². The number of amides is 1. The zero-order valence-corrected chi connectivity index (χ0v) is 21.5. The Balaban J connectivity index is 1.72. The Morgan fingerprint density at radius 1 is 1.18 bits per heavy atom. The third kappa shape index (κ3) is 4.61. The van der Waals surface area contributed by atoms with Gasteiger partial charge in [-0.25, -0.2) is 4.99 Å². The molecule has 2 aromatic rings. The number of hydrogen-bond donors (Lipinski definition) is 0. The lowest BCUT2D eigenvalue weighted by molar-refractivity contribution is -0.122. The number of para-hydroxylation sites is 1. The minimum absolute atomic E-state index is 0.0537. The smallest absolute Gasteiger partial charge is 0.266 e. The van der Waals surface area contributed by atoms with Crippen molar-refractivity contribution in [3.8, 4) is 0 Å². The lowest BCUT2D eigenvalue weighted by Gasteiger charge is -2.47. The van der Waals surface area contributed by atoms with Crippen molar-refractivity contribution in [2.24, 2.45) is 4.99 Å². The van der Waals surface area contributed by atoms with E-state index in [0.717, 1.165) is 40.7 Å². The maximum absolute atomic E-state index is 13.3. The van der Waals surface area contributed by atoms with Crippen LogP contribution < -0.4 is 4.90 Å². The summed E-state index contributed by atoms with van der Waals surface area (Å²) in [7, 11) is 0. The summed E-state index contributed by atoms with van der Waals surface area (Å²) in [6, 6.07) is 14.5. The van der Waals surface area contributed by atoms with Gasteiger partial charge in [0.2, 0.25) is 0 Å². The summed E-state index contributed by atoms with van der Waals surface area (Å²) in [4.78, 5) is 23.2. The molecule has 4 nitrogen and oxygen atoms in total. The number of benzene rings is 2. The number of amidine groups is 1. The molecule has 1 saturated heterocycles. The predicted molar refractivity (Wildman–Crippen MR) is 142 cm³/mol. The minimum atomic E-state index is 0.0537. The fourth-order valence-corrected chi connectivity index (χ4v) is 6.19. The molecule has 1 atom stereocenters. The van der Waals surface area contributed by atoms with Crippen molar-refractivity contribution >= 4 is 40.3 Å². The van der Waals surface area contributed by atoms with Gasteiger partial charge in [0, 0.05) is 24.3 Å². The summed E-state index contributed by atoms with van der Waals surface area (Å²) >= 11 is 1.49. The summed E-state index contributed by atoms with van der Waals surface area (Å²) in [5.74, 6) is 0.535. The second-order valence-electron chi connectivity index (χ2n) is 9.73. The predicted octanol–water partition coefficient (Wildman–Crippen LogP) is 7.12. The van der Waals surface area contributed by atoms with Crippen LogP contribution in [-0.2, 0) is 4.79 Å². The second kappa shape index (κ2) is 9.38. The van der Waals surface area contributed by atoms with Gasteiger partial charge in [-0.3, -0.25) is 9.69 Å². The van der Waals surface area contributed by atoms with Crippen LogP contribution in [0.5, 0.6) is 0 Å². The third-order valence-corrected chi connectivity index (χ3v) is 7.70. The van der Waals surface area contributed by atoms with Crippen molar-refractivity contribution in [3.63, 3.8) is 0 Å². The van der Waals surface area contributed by atoms with Crippen molar-refractivity contribution in [1.29, 1.82) is 0 Å². The largest absolute Gasteiger partial charge is 0.366 e. The Morgan fingerprint density at radius 3 is 2.58 bits per heavy atom. The Bertz CT molecular complexity index is 1100. The summed E-state index contributed by atoms with van der Waals surface area (Å²) < 4.78 is 0. The van der Waals surface area contributed by atoms with Gasteiger partial charge in [-0.15, -0.1) is 0 Å². The number of aryl methyl sites for hydroxylation is 1. The molecule has 174 valence electrons. The van der Waals surface area contributed by atoms with Crippen LogP contribution in [-0.4, -0.2) is 34.6 Å². The van der Waals surface area contributed by atoms with Gasteiger partial charge in [0.15, 0.2) is 5.17 Å². The van der Waals surface area contributed by atoms with Crippen molar-refractivity contribution in [1.82, 2.24) is 4.90 Å². The fraction of sp³-hybridized carbons (Fsp3) is 0.429. The molecule has 1 fully saturated rings.